The Morgan fingerprint density at radius 1 is 1.54 bits per heavy atom. The SMILES string of the molecule is NCC(O)C1CNc2ccccc21. The maximum absolute atomic E-state index is 9.64. The maximum Gasteiger partial charge on any atom is 0.0748 e. The van der Waals surface area contributed by atoms with E-state index < -0.39 is 6.10 Å². The van der Waals surface area contributed by atoms with Crippen molar-refractivity contribution >= 4 is 5.69 Å². The predicted octanol–water partition coefficient (Wildman–Crippen LogP) is 0.515. The van der Waals surface area contributed by atoms with Gasteiger partial charge in [-0.3, -0.25) is 0 Å². The number of hydrogen-bond donors (Lipinski definition) is 3. The average molecular weight is 178 g/mol. The highest BCUT2D eigenvalue weighted by atomic mass is 16.3. The van der Waals surface area contributed by atoms with E-state index >= 15 is 0 Å². The molecule has 1 aliphatic rings. The van der Waals surface area contributed by atoms with Gasteiger partial charge in [0.1, 0.15) is 0 Å². The summed E-state index contributed by atoms with van der Waals surface area (Å²) < 4.78 is 0. The van der Waals surface area contributed by atoms with Gasteiger partial charge in [-0.15, -0.1) is 0 Å². The number of nitrogens with two attached hydrogens (primary N) is 1. The van der Waals surface area contributed by atoms with Crippen molar-refractivity contribution in [1.29, 1.82) is 0 Å². The highest BCUT2D eigenvalue weighted by Crippen LogP contribution is 2.32. The topological polar surface area (TPSA) is 58.3 Å². The van der Waals surface area contributed by atoms with Crippen molar-refractivity contribution in [3.8, 4) is 0 Å². The van der Waals surface area contributed by atoms with Gasteiger partial charge in [-0.05, 0) is 11.6 Å². The van der Waals surface area contributed by atoms with Crippen LogP contribution in [-0.4, -0.2) is 24.3 Å². The summed E-state index contributed by atoms with van der Waals surface area (Å²) >= 11 is 0. The Hall–Kier alpha value is -1.06. The molecule has 0 aromatic heterocycles. The number of benzene rings is 1. The van der Waals surface area contributed by atoms with E-state index in [-0.39, 0.29) is 5.92 Å². The van der Waals surface area contributed by atoms with Gasteiger partial charge >= 0.3 is 0 Å². The second-order valence-electron chi connectivity index (χ2n) is 3.38. The summed E-state index contributed by atoms with van der Waals surface area (Å²) in [5.41, 5.74) is 7.74. The van der Waals surface area contributed by atoms with Crippen molar-refractivity contribution in [3.05, 3.63) is 29.8 Å². The molecule has 2 unspecified atom stereocenters. The first-order valence-corrected chi connectivity index (χ1v) is 4.54. The van der Waals surface area contributed by atoms with E-state index in [1.54, 1.807) is 0 Å². The van der Waals surface area contributed by atoms with E-state index in [0.29, 0.717) is 6.54 Å². The summed E-state index contributed by atoms with van der Waals surface area (Å²) in [5.74, 6) is 0.154. The summed E-state index contributed by atoms with van der Waals surface area (Å²) in [6.07, 6.45) is -0.434. The van der Waals surface area contributed by atoms with Gasteiger partial charge in [0, 0.05) is 24.7 Å². The van der Waals surface area contributed by atoms with E-state index in [9.17, 15) is 5.11 Å². The monoisotopic (exact) mass is 178 g/mol. The molecule has 2 atom stereocenters. The van der Waals surface area contributed by atoms with Gasteiger partial charge in [-0.2, -0.15) is 0 Å². The van der Waals surface area contributed by atoms with Crippen molar-refractivity contribution in [1.82, 2.24) is 0 Å². The summed E-state index contributed by atoms with van der Waals surface area (Å²) in [6.45, 7) is 1.11. The smallest absolute Gasteiger partial charge is 0.0748 e. The highest BCUT2D eigenvalue weighted by molar-refractivity contribution is 5.57. The number of nitrogens with one attached hydrogen (secondary N) is 1. The number of anilines is 1. The zero-order valence-corrected chi connectivity index (χ0v) is 7.40. The Kier molecular flexibility index (Phi) is 2.20. The molecule has 0 bridgehead atoms. The van der Waals surface area contributed by atoms with Gasteiger partial charge in [0.2, 0.25) is 0 Å². The molecule has 1 heterocycles. The first-order valence-electron chi connectivity index (χ1n) is 4.54. The molecule has 0 radical (unpaired) electrons. The van der Waals surface area contributed by atoms with Gasteiger partial charge < -0.3 is 16.2 Å². The molecule has 4 N–H and O–H groups in total. The molecule has 3 nitrogen and oxygen atoms in total. The molecule has 0 saturated carbocycles. The largest absolute Gasteiger partial charge is 0.391 e. The molecule has 0 amide bonds. The zero-order valence-electron chi connectivity index (χ0n) is 7.40. The fourth-order valence-electron chi connectivity index (χ4n) is 1.82. The lowest BCUT2D eigenvalue weighted by Crippen LogP contribution is -2.28. The summed E-state index contributed by atoms with van der Waals surface area (Å²) in [4.78, 5) is 0. The van der Waals surface area contributed by atoms with Crippen LogP contribution in [0.1, 0.15) is 11.5 Å². The van der Waals surface area contributed by atoms with Crippen LogP contribution in [0.25, 0.3) is 0 Å². The fraction of sp³-hybridized carbons (Fsp3) is 0.400. The second kappa shape index (κ2) is 3.36. The van der Waals surface area contributed by atoms with Crippen LogP contribution >= 0.6 is 0 Å². The third-order valence-electron chi connectivity index (χ3n) is 2.58. The number of aliphatic hydroxyl groups is 1. The van der Waals surface area contributed by atoms with E-state index in [0.717, 1.165) is 12.2 Å². The normalized spacial score (nSPS) is 22.2. The molecule has 0 spiro atoms. The zero-order chi connectivity index (χ0) is 9.26. The van der Waals surface area contributed by atoms with Gasteiger partial charge in [-0.25, -0.2) is 0 Å². The lowest BCUT2D eigenvalue weighted by Gasteiger charge is -2.15. The molecule has 3 heteroatoms. The predicted molar refractivity (Wildman–Crippen MR) is 52.7 cm³/mol. The Morgan fingerprint density at radius 3 is 3.08 bits per heavy atom. The molecule has 1 aliphatic heterocycles. The number of fused-ring (bicyclic) bond motifs is 1. The van der Waals surface area contributed by atoms with Crippen molar-refractivity contribution in [2.45, 2.75) is 12.0 Å². The number of aliphatic hydroxyl groups excluding tert-OH is 1. The summed E-state index contributed by atoms with van der Waals surface area (Å²) in [6, 6.07) is 8.04. The highest BCUT2D eigenvalue weighted by Gasteiger charge is 2.26. The van der Waals surface area contributed by atoms with Crippen LogP contribution in [-0.2, 0) is 0 Å². The quantitative estimate of drug-likeness (QED) is 0.618. The molecular weight excluding hydrogens is 164 g/mol. The minimum absolute atomic E-state index is 0.154. The molecular formula is C10H14N2O. The van der Waals surface area contributed by atoms with Gasteiger partial charge in [-0.1, -0.05) is 18.2 Å². The van der Waals surface area contributed by atoms with Crippen LogP contribution in [0.2, 0.25) is 0 Å². The lowest BCUT2D eigenvalue weighted by atomic mass is 9.96. The Labute approximate surface area is 77.6 Å². The molecule has 0 saturated heterocycles. The molecule has 1 aromatic carbocycles. The first kappa shape index (κ1) is 8.53. The second-order valence-corrected chi connectivity index (χ2v) is 3.38. The molecule has 0 aliphatic carbocycles. The molecule has 1 aromatic rings. The maximum atomic E-state index is 9.64. The van der Waals surface area contributed by atoms with Crippen molar-refractivity contribution in [2.75, 3.05) is 18.4 Å². The molecule has 13 heavy (non-hydrogen) atoms. The third-order valence-corrected chi connectivity index (χ3v) is 2.58. The summed E-state index contributed by atoms with van der Waals surface area (Å²) in [7, 11) is 0. The number of rotatable bonds is 2. The van der Waals surface area contributed by atoms with Crippen LogP contribution in [0, 0.1) is 0 Å². The first-order chi connectivity index (χ1) is 6.33. The van der Waals surface area contributed by atoms with Crippen molar-refractivity contribution < 1.29 is 5.11 Å². The third kappa shape index (κ3) is 1.41. The van der Waals surface area contributed by atoms with Crippen LogP contribution in [0.5, 0.6) is 0 Å². The van der Waals surface area contributed by atoms with Gasteiger partial charge in [0.25, 0.3) is 0 Å². The lowest BCUT2D eigenvalue weighted by molar-refractivity contribution is 0.157. The van der Waals surface area contributed by atoms with E-state index in [1.165, 1.54) is 5.56 Å². The Bertz CT molecular complexity index is 301. The van der Waals surface area contributed by atoms with Crippen LogP contribution in [0.4, 0.5) is 5.69 Å². The van der Waals surface area contributed by atoms with Crippen molar-refractivity contribution in [3.63, 3.8) is 0 Å². The fourth-order valence-corrected chi connectivity index (χ4v) is 1.82. The molecule has 0 fully saturated rings. The van der Waals surface area contributed by atoms with Crippen LogP contribution < -0.4 is 11.1 Å². The summed E-state index contributed by atoms with van der Waals surface area (Å²) in [5, 5.41) is 12.9. The van der Waals surface area contributed by atoms with Crippen molar-refractivity contribution in [2.24, 2.45) is 5.73 Å². The molecule has 70 valence electrons. The van der Waals surface area contributed by atoms with E-state index in [1.807, 2.05) is 24.3 Å². The van der Waals surface area contributed by atoms with E-state index in [2.05, 4.69) is 5.32 Å². The standard InChI is InChI=1S/C10H14N2O/c11-5-10(13)8-6-12-9-4-2-1-3-7(8)9/h1-4,8,10,12-13H,5-6,11H2. The number of para-hydroxylation sites is 1. The van der Waals surface area contributed by atoms with E-state index in [4.69, 9.17) is 5.73 Å². The van der Waals surface area contributed by atoms with Gasteiger partial charge in [0.15, 0.2) is 0 Å². The van der Waals surface area contributed by atoms with Crippen LogP contribution in [0.15, 0.2) is 24.3 Å². The van der Waals surface area contributed by atoms with Gasteiger partial charge in [0.05, 0.1) is 6.10 Å². The minimum atomic E-state index is -0.434. The average Bonchev–Trinajstić information content (AvgIpc) is 2.60. The Morgan fingerprint density at radius 2 is 2.31 bits per heavy atom. The minimum Gasteiger partial charge on any atom is -0.391 e. The number of hydrogen-bond acceptors (Lipinski definition) is 3. The van der Waals surface area contributed by atoms with Crippen LogP contribution in [0.3, 0.4) is 0 Å². The molecule has 2 rings (SSSR count). The Balaban J connectivity index is 2.28.